The van der Waals surface area contributed by atoms with Crippen molar-refractivity contribution in [2.45, 2.75) is 18.7 Å². The fraction of sp³-hybridized carbons (Fsp3) is 0.208. The summed E-state index contributed by atoms with van der Waals surface area (Å²) in [5, 5.41) is 2.77. The number of rotatable bonds is 9. The molecule has 3 aromatic rings. The zero-order valence-electron chi connectivity index (χ0n) is 20.1. The molecule has 0 heterocycles. The van der Waals surface area contributed by atoms with E-state index in [1.807, 2.05) is 19.1 Å². The fourth-order valence-electron chi connectivity index (χ4n) is 3.31. The molecule has 0 atom stereocenters. The Hall–Kier alpha value is -3.28. The zero-order chi connectivity index (χ0) is 26.7. The molecule has 0 radical (unpaired) electrons. The molecule has 9 nitrogen and oxygen atoms in total. The van der Waals surface area contributed by atoms with Gasteiger partial charge in [0.25, 0.3) is 10.0 Å². The number of nitrogens with zero attached hydrogens (tertiary/aromatic N) is 1. The lowest BCUT2D eigenvalue weighted by Crippen LogP contribution is -2.37. The number of hydrogen-bond acceptors (Lipinski definition) is 6. The van der Waals surface area contributed by atoms with Gasteiger partial charge in [-0.2, -0.15) is 0 Å². The van der Waals surface area contributed by atoms with Crippen molar-refractivity contribution in [1.29, 1.82) is 0 Å². The molecule has 192 valence electrons. The summed E-state index contributed by atoms with van der Waals surface area (Å²) in [7, 11) is -6.24. The first-order valence-electron chi connectivity index (χ1n) is 10.6. The summed E-state index contributed by atoms with van der Waals surface area (Å²) in [5.41, 5.74) is 2.66. The molecule has 0 fully saturated rings. The van der Waals surface area contributed by atoms with Gasteiger partial charge in [0.1, 0.15) is 12.3 Å². The molecule has 0 aliphatic heterocycles. The molecule has 0 spiro atoms. The Labute approximate surface area is 216 Å². The minimum Gasteiger partial charge on any atom is -0.495 e. The fourth-order valence-corrected chi connectivity index (χ4v) is 5.53. The topological polar surface area (TPSA) is 122 Å². The summed E-state index contributed by atoms with van der Waals surface area (Å²) < 4.78 is 58.8. The number of carbonyl (C=O) groups excluding carboxylic acids is 1. The average molecular weight is 552 g/mol. The molecule has 0 saturated heterocycles. The lowest BCUT2D eigenvalue weighted by molar-refractivity contribution is -0.114. The van der Waals surface area contributed by atoms with Crippen molar-refractivity contribution in [3.05, 3.63) is 76.8 Å². The van der Waals surface area contributed by atoms with E-state index in [9.17, 15) is 21.6 Å². The van der Waals surface area contributed by atoms with Crippen LogP contribution >= 0.6 is 11.6 Å². The van der Waals surface area contributed by atoms with Crippen LogP contribution in [0.15, 0.2) is 65.6 Å². The molecule has 0 saturated carbocycles. The van der Waals surface area contributed by atoms with Crippen LogP contribution < -0.4 is 19.1 Å². The maximum atomic E-state index is 12.8. The lowest BCUT2D eigenvalue weighted by Gasteiger charge is -2.22. The molecule has 0 bridgehead atoms. The predicted octanol–water partition coefficient (Wildman–Crippen LogP) is 4.17. The molecule has 0 unspecified atom stereocenters. The highest BCUT2D eigenvalue weighted by molar-refractivity contribution is 7.92. The summed E-state index contributed by atoms with van der Waals surface area (Å²) in [6, 6.07) is 15.4. The van der Waals surface area contributed by atoms with Crippen LogP contribution in [-0.4, -0.2) is 42.7 Å². The Balaban J connectivity index is 1.74. The van der Waals surface area contributed by atoms with Crippen LogP contribution in [0, 0.1) is 13.8 Å². The normalized spacial score (nSPS) is 11.6. The molecule has 0 aromatic heterocycles. The van der Waals surface area contributed by atoms with Gasteiger partial charge in [0, 0.05) is 5.69 Å². The van der Waals surface area contributed by atoms with Crippen LogP contribution in [-0.2, 0) is 24.8 Å². The first-order chi connectivity index (χ1) is 16.8. The molecule has 3 rings (SSSR count). The number of hydrogen-bond donors (Lipinski definition) is 2. The third kappa shape index (κ3) is 6.68. The molecule has 0 aliphatic rings. The number of amides is 1. The SMILES string of the molecule is COc1ccc(N(CC(=O)Nc2ccc(S(=O)(=O)Nc3cc(C)ccc3C)cc2)S(C)(=O)=O)cc1Cl. The van der Waals surface area contributed by atoms with Gasteiger partial charge >= 0.3 is 0 Å². The van der Waals surface area contributed by atoms with Gasteiger partial charge in [-0.15, -0.1) is 0 Å². The number of halogens is 1. The van der Waals surface area contributed by atoms with E-state index < -0.39 is 32.5 Å². The summed E-state index contributed by atoms with van der Waals surface area (Å²) in [6.07, 6.45) is 0.973. The summed E-state index contributed by atoms with van der Waals surface area (Å²) in [4.78, 5) is 12.6. The van der Waals surface area contributed by atoms with Gasteiger partial charge in [0.2, 0.25) is 15.9 Å². The van der Waals surface area contributed by atoms with Crippen LogP contribution in [0.25, 0.3) is 0 Å². The van der Waals surface area contributed by atoms with Gasteiger partial charge in [-0.1, -0.05) is 23.7 Å². The van der Waals surface area contributed by atoms with Crippen LogP contribution in [0.4, 0.5) is 17.1 Å². The van der Waals surface area contributed by atoms with Crippen LogP contribution in [0.2, 0.25) is 5.02 Å². The molecule has 36 heavy (non-hydrogen) atoms. The third-order valence-electron chi connectivity index (χ3n) is 5.20. The number of anilines is 3. The first-order valence-corrected chi connectivity index (χ1v) is 14.3. The number of sulfonamides is 2. The molecular formula is C24H26ClN3O6S2. The zero-order valence-corrected chi connectivity index (χ0v) is 22.5. The number of methoxy groups -OCH3 is 1. The van der Waals surface area contributed by atoms with Gasteiger partial charge < -0.3 is 10.1 Å². The van der Waals surface area contributed by atoms with Gasteiger partial charge in [0.15, 0.2) is 0 Å². The van der Waals surface area contributed by atoms with Crippen LogP contribution in [0.3, 0.4) is 0 Å². The smallest absolute Gasteiger partial charge is 0.261 e. The Morgan fingerprint density at radius 2 is 1.64 bits per heavy atom. The second kappa shape index (κ2) is 10.8. The second-order valence-electron chi connectivity index (χ2n) is 8.08. The quantitative estimate of drug-likeness (QED) is 0.411. The van der Waals surface area contributed by atoms with E-state index in [1.165, 1.54) is 49.6 Å². The molecule has 3 aromatic carbocycles. The van der Waals surface area contributed by atoms with Gasteiger partial charge in [-0.25, -0.2) is 16.8 Å². The number of nitrogens with one attached hydrogen (secondary N) is 2. The molecule has 1 amide bonds. The van der Waals surface area contributed by atoms with E-state index in [2.05, 4.69) is 10.0 Å². The van der Waals surface area contributed by atoms with Gasteiger partial charge in [-0.05, 0) is 73.5 Å². The highest BCUT2D eigenvalue weighted by Gasteiger charge is 2.22. The third-order valence-corrected chi connectivity index (χ3v) is 8.01. The van der Waals surface area contributed by atoms with E-state index in [0.29, 0.717) is 17.1 Å². The van der Waals surface area contributed by atoms with E-state index in [0.717, 1.165) is 21.7 Å². The minimum atomic E-state index is -3.86. The molecular weight excluding hydrogens is 526 g/mol. The number of carbonyl (C=O) groups is 1. The van der Waals surface area contributed by atoms with E-state index in [1.54, 1.807) is 13.0 Å². The van der Waals surface area contributed by atoms with Gasteiger partial charge in [-0.3, -0.25) is 13.8 Å². The second-order valence-corrected chi connectivity index (χ2v) is 12.1. The van der Waals surface area contributed by atoms with E-state index >= 15 is 0 Å². The van der Waals surface area contributed by atoms with Crippen molar-refractivity contribution in [3.8, 4) is 5.75 Å². The summed E-state index contributed by atoms with van der Waals surface area (Å²) in [5.74, 6) is -0.267. The van der Waals surface area contributed by atoms with E-state index in [4.69, 9.17) is 16.3 Å². The monoisotopic (exact) mass is 551 g/mol. The number of ether oxygens (including phenoxy) is 1. The maximum Gasteiger partial charge on any atom is 0.261 e. The number of aryl methyl sites for hydroxylation is 2. The predicted molar refractivity (Wildman–Crippen MR) is 142 cm³/mol. The minimum absolute atomic E-state index is 0.00652. The van der Waals surface area contributed by atoms with Crippen molar-refractivity contribution >= 4 is 54.6 Å². The van der Waals surface area contributed by atoms with Crippen molar-refractivity contribution < 1.29 is 26.4 Å². The Morgan fingerprint density at radius 3 is 2.22 bits per heavy atom. The van der Waals surface area contributed by atoms with Crippen molar-refractivity contribution in [1.82, 2.24) is 0 Å². The summed E-state index contributed by atoms with van der Waals surface area (Å²) >= 11 is 6.11. The van der Waals surface area contributed by atoms with Crippen LogP contribution in [0.1, 0.15) is 11.1 Å². The molecule has 12 heteroatoms. The highest BCUT2D eigenvalue weighted by Crippen LogP contribution is 2.30. The summed E-state index contributed by atoms with van der Waals surface area (Å²) in [6.45, 7) is 3.15. The number of benzene rings is 3. The van der Waals surface area contributed by atoms with Crippen LogP contribution in [0.5, 0.6) is 5.75 Å². The average Bonchev–Trinajstić information content (AvgIpc) is 2.79. The van der Waals surface area contributed by atoms with E-state index in [-0.39, 0.29) is 15.6 Å². The molecule has 2 N–H and O–H groups in total. The largest absolute Gasteiger partial charge is 0.495 e. The highest BCUT2D eigenvalue weighted by atomic mass is 35.5. The Bertz CT molecular complexity index is 1490. The van der Waals surface area contributed by atoms with Gasteiger partial charge in [0.05, 0.1) is 34.7 Å². The lowest BCUT2D eigenvalue weighted by atomic mass is 10.1. The standard InChI is InChI=1S/C24H26ClN3O6S2/c1-16-5-6-17(2)22(13-16)27-36(32,33)20-10-7-18(8-11-20)26-24(29)15-28(35(4,30)31)19-9-12-23(34-3)21(25)14-19/h5-14,27H,15H2,1-4H3,(H,26,29). The first kappa shape index (κ1) is 27.3. The van der Waals surface area contributed by atoms with Crippen molar-refractivity contribution in [3.63, 3.8) is 0 Å². The Kier molecular flexibility index (Phi) is 8.17. The maximum absolute atomic E-state index is 12.8. The van der Waals surface area contributed by atoms with Crippen molar-refractivity contribution in [2.24, 2.45) is 0 Å². The Morgan fingerprint density at radius 1 is 0.972 bits per heavy atom. The van der Waals surface area contributed by atoms with Crippen molar-refractivity contribution in [2.75, 3.05) is 34.3 Å². The molecule has 0 aliphatic carbocycles.